The maximum absolute atomic E-state index is 11.2. The fourth-order valence-electron chi connectivity index (χ4n) is 3.14. The van der Waals surface area contributed by atoms with Crippen LogP contribution in [0.25, 0.3) is 11.1 Å². The van der Waals surface area contributed by atoms with Gasteiger partial charge in [-0.3, -0.25) is 4.79 Å². The number of rotatable bonds is 3. The highest BCUT2D eigenvalue weighted by atomic mass is 16.1. The third-order valence-corrected chi connectivity index (χ3v) is 4.28. The van der Waals surface area contributed by atoms with Gasteiger partial charge in [0, 0.05) is 13.5 Å². The number of fused-ring (bicyclic) bond motifs is 1. The molecular weight excluding hydrogens is 272 g/mol. The van der Waals surface area contributed by atoms with E-state index < -0.39 is 0 Å². The normalized spacial score (nSPS) is 15.0. The van der Waals surface area contributed by atoms with Gasteiger partial charge >= 0.3 is 0 Å². The summed E-state index contributed by atoms with van der Waals surface area (Å²) in [6.45, 7) is 5.56. The second-order valence-corrected chi connectivity index (χ2v) is 5.91. The SMILES string of the molecule is CC(=O)N[C@@H](C)c1ccc(-c2cccc3c2CCNC3)cc1. The minimum Gasteiger partial charge on any atom is -0.350 e. The van der Waals surface area contributed by atoms with Crippen molar-refractivity contribution in [2.45, 2.75) is 32.9 Å². The van der Waals surface area contributed by atoms with Crippen molar-refractivity contribution in [1.29, 1.82) is 0 Å². The van der Waals surface area contributed by atoms with Gasteiger partial charge in [-0.05, 0) is 47.7 Å². The smallest absolute Gasteiger partial charge is 0.217 e. The number of carbonyl (C=O) groups is 1. The van der Waals surface area contributed by atoms with E-state index in [-0.39, 0.29) is 11.9 Å². The quantitative estimate of drug-likeness (QED) is 0.913. The fraction of sp³-hybridized carbons (Fsp3) is 0.316. The lowest BCUT2D eigenvalue weighted by Crippen LogP contribution is -2.24. The van der Waals surface area contributed by atoms with Crippen LogP contribution in [0, 0.1) is 0 Å². The summed E-state index contributed by atoms with van der Waals surface area (Å²) in [5.41, 5.74) is 6.57. The summed E-state index contributed by atoms with van der Waals surface area (Å²) in [5.74, 6) is 0.00112. The van der Waals surface area contributed by atoms with Gasteiger partial charge < -0.3 is 10.6 Å². The van der Waals surface area contributed by atoms with Gasteiger partial charge in [-0.1, -0.05) is 42.5 Å². The molecule has 2 N–H and O–H groups in total. The van der Waals surface area contributed by atoms with Crippen LogP contribution in [0.15, 0.2) is 42.5 Å². The first-order chi connectivity index (χ1) is 10.6. The molecule has 1 aliphatic rings. The van der Waals surface area contributed by atoms with Gasteiger partial charge in [-0.25, -0.2) is 0 Å². The van der Waals surface area contributed by atoms with Crippen LogP contribution in [0.4, 0.5) is 0 Å². The average Bonchev–Trinajstić information content (AvgIpc) is 2.54. The second-order valence-electron chi connectivity index (χ2n) is 5.91. The molecule has 1 heterocycles. The van der Waals surface area contributed by atoms with Gasteiger partial charge in [0.25, 0.3) is 0 Å². The third-order valence-electron chi connectivity index (χ3n) is 4.28. The maximum Gasteiger partial charge on any atom is 0.217 e. The van der Waals surface area contributed by atoms with Crippen molar-refractivity contribution in [3.63, 3.8) is 0 Å². The molecular formula is C19H22N2O. The molecule has 0 bridgehead atoms. The Morgan fingerprint density at radius 2 is 1.95 bits per heavy atom. The van der Waals surface area contributed by atoms with Crippen LogP contribution in [-0.2, 0) is 17.8 Å². The van der Waals surface area contributed by atoms with E-state index in [1.165, 1.54) is 22.3 Å². The Balaban J connectivity index is 1.89. The molecule has 1 amide bonds. The lowest BCUT2D eigenvalue weighted by Gasteiger charge is -2.21. The van der Waals surface area contributed by atoms with E-state index in [1.807, 2.05) is 6.92 Å². The van der Waals surface area contributed by atoms with Crippen molar-refractivity contribution in [1.82, 2.24) is 10.6 Å². The van der Waals surface area contributed by atoms with Gasteiger partial charge in [-0.15, -0.1) is 0 Å². The molecule has 0 spiro atoms. The number of benzene rings is 2. The Hall–Kier alpha value is -2.13. The number of hydrogen-bond donors (Lipinski definition) is 2. The van der Waals surface area contributed by atoms with Crippen molar-refractivity contribution >= 4 is 5.91 Å². The minimum absolute atomic E-state index is 0.00112. The Bertz CT molecular complexity index is 676. The van der Waals surface area contributed by atoms with Crippen LogP contribution in [0.3, 0.4) is 0 Å². The average molecular weight is 294 g/mol. The van der Waals surface area contributed by atoms with Crippen LogP contribution in [-0.4, -0.2) is 12.5 Å². The summed E-state index contributed by atoms with van der Waals surface area (Å²) in [7, 11) is 0. The first-order valence-corrected chi connectivity index (χ1v) is 7.84. The highest BCUT2D eigenvalue weighted by Crippen LogP contribution is 2.29. The summed E-state index contributed by atoms with van der Waals surface area (Å²) >= 11 is 0. The summed E-state index contributed by atoms with van der Waals surface area (Å²) in [6.07, 6.45) is 1.08. The van der Waals surface area contributed by atoms with Gasteiger partial charge in [0.2, 0.25) is 5.91 Å². The first-order valence-electron chi connectivity index (χ1n) is 7.84. The van der Waals surface area contributed by atoms with E-state index in [2.05, 4.69) is 53.1 Å². The molecule has 3 rings (SSSR count). The van der Waals surface area contributed by atoms with E-state index >= 15 is 0 Å². The molecule has 3 heteroatoms. The van der Waals surface area contributed by atoms with E-state index in [9.17, 15) is 4.79 Å². The van der Waals surface area contributed by atoms with E-state index in [1.54, 1.807) is 6.92 Å². The summed E-state index contributed by atoms with van der Waals surface area (Å²) in [6, 6.07) is 15.1. The molecule has 1 aliphatic heterocycles. The molecule has 3 nitrogen and oxygen atoms in total. The molecule has 1 atom stereocenters. The monoisotopic (exact) mass is 294 g/mol. The summed E-state index contributed by atoms with van der Waals surface area (Å²) < 4.78 is 0. The molecule has 0 fully saturated rings. The molecule has 22 heavy (non-hydrogen) atoms. The number of amides is 1. The Morgan fingerprint density at radius 1 is 1.18 bits per heavy atom. The fourth-order valence-corrected chi connectivity index (χ4v) is 3.14. The highest BCUT2D eigenvalue weighted by molar-refractivity contribution is 5.73. The van der Waals surface area contributed by atoms with Gasteiger partial charge in [0.05, 0.1) is 6.04 Å². The largest absolute Gasteiger partial charge is 0.350 e. The van der Waals surface area contributed by atoms with Crippen LogP contribution < -0.4 is 10.6 Å². The van der Waals surface area contributed by atoms with E-state index in [4.69, 9.17) is 0 Å². The number of nitrogens with one attached hydrogen (secondary N) is 2. The summed E-state index contributed by atoms with van der Waals surface area (Å²) in [4.78, 5) is 11.2. The lowest BCUT2D eigenvalue weighted by molar-refractivity contribution is -0.119. The van der Waals surface area contributed by atoms with Gasteiger partial charge in [0.1, 0.15) is 0 Å². The van der Waals surface area contributed by atoms with Crippen molar-refractivity contribution in [2.75, 3.05) is 6.54 Å². The molecule has 0 unspecified atom stereocenters. The second kappa shape index (κ2) is 6.32. The third kappa shape index (κ3) is 3.04. The highest BCUT2D eigenvalue weighted by Gasteiger charge is 2.14. The molecule has 2 aromatic carbocycles. The predicted molar refractivity (Wildman–Crippen MR) is 89.5 cm³/mol. The van der Waals surface area contributed by atoms with Crippen molar-refractivity contribution in [2.24, 2.45) is 0 Å². The Labute approximate surface area is 131 Å². The molecule has 0 radical (unpaired) electrons. The number of hydrogen-bond acceptors (Lipinski definition) is 2. The van der Waals surface area contributed by atoms with Crippen LogP contribution in [0.2, 0.25) is 0 Å². The molecule has 0 aromatic heterocycles. The lowest BCUT2D eigenvalue weighted by atomic mass is 9.91. The van der Waals surface area contributed by atoms with Crippen LogP contribution in [0.5, 0.6) is 0 Å². The molecule has 0 saturated heterocycles. The standard InChI is InChI=1S/C19H22N2O/c1-13(21-14(2)22)15-6-8-16(9-7-15)18-5-3-4-17-12-20-11-10-19(17)18/h3-9,13,20H,10-12H2,1-2H3,(H,21,22)/t13-/m0/s1. The van der Waals surface area contributed by atoms with Crippen LogP contribution in [0.1, 0.15) is 36.6 Å². The topological polar surface area (TPSA) is 41.1 Å². The minimum atomic E-state index is 0.00112. The molecule has 0 saturated carbocycles. The zero-order chi connectivity index (χ0) is 15.5. The van der Waals surface area contributed by atoms with Crippen molar-refractivity contribution < 1.29 is 4.79 Å². The van der Waals surface area contributed by atoms with Gasteiger partial charge in [-0.2, -0.15) is 0 Å². The Morgan fingerprint density at radius 3 is 2.68 bits per heavy atom. The first kappa shape index (κ1) is 14.8. The molecule has 2 aromatic rings. The van der Waals surface area contributed by atoms with Gasteiger partial charge in [0.15, 0.2) is 0 Å². The van der Waals surface area contributed by atoms with Crippen LogP contribution >= 0.6 is 0 Å². The Kier molecular flexibility index (Phi) is 4.25. The number of carbonyl (C=O) groups excluding carboxylic acids is 1. The molecule has 0 aliphatic carbocycles. The summed E-state index contributed by atoms with van der Waals surface area (Å²) in [5, 5.41) is 6.34. The van der Waals surface area contributed by atoms with E-state index in [0.29, 0.717) is 0 Å². The van der Waals surface area contributed by atoms with Crippen molar-refractivity contribution in [3.05, 3.63) is 59.2 Å². The van der Waals surface area contributed by atoms with E-state index in [0.717, 1.165) is 25.1 Å². The zero-order valence-corrected chi connectivity index (χ0v) is 13.1. The predicted octanol–water partition coefficient (Wildman–Crippen LogP) is 3.20. The molecule has 114 valence electrons. The van der Waals surface area contributed by atoms with Crippen molar-refractivity contribution in [3.8, 4) is 11.1 Å². The maximum atomic E-state index is 11.2. The zero-order valence-electron chi connectivity index (χ0n) is 13.1.